The van der Waals surface area contributed by atoms with Gasteiger partial charge in [-0.15, -0.1) is 0 Å². The number of hydrogen-bond donors (Lipinski definition) is 5. The van der Waals surface area contributed by atoms with Gasteiger partial charge in [0.1, 0.15) is 11.6 Å². The second-order valence-corrected chi connectivity index (χ2v) is 5.20. The molecule has 1 atom stereocenters. The highest BCUT2D eigenvalue weighted by Crippen LogP contribution is 1.97. The van der Waals surface area contributed by atoms with E-state index < -0.39 is 12.0 Å². The van der Waals surface area contributed by atoms with E-state index in [4.69, 9.17) is 22.3 Å². The molecule has 2 aromatic rings. The summed E-state index contributed by atoms with van der Waals surface area (Å²) in [6.45, 7) is 0.420. The van der Waals surface area contributed by atoms with Crippen LogP contribution in [0.5, 0.6) is 0 Å². The molecule has 0 spiro atoms. The van der Waals surface area contributed by atoms with Crippen molar-refractivity contribution in [3.8, 4) is 0 Å². The van der Waals surface area contributed by atoms with Gasteiger partial charge >= 0.3 is 11.7 Å². The molecule has 0 aliphatic heterocycles. The quantitative estimate of drug-likeness (QED) is 0.201. The Morgan fingerprint density at radius 3 is 2.50 bits per heavy atom. The van der Waals surface area contributed by atoms with Crippen LogP contribution in [0.1, 0.15) is 12.8 Å². The molecule has 0 unspecified atom stereocenters. The highest BCUT2D eigenvalue weighted by atomic mass is 16.4. The molecular formula is C13H24N8O5. The largest absolute Gasteiger partial charge is 0.480 e. The van der Waals surface area contributed by atoms with E-state index in [1.807, 2.05) is 0 Å². The normalized spacial score (nSPS) is 11.0. The van der Waals surface area contributed by atoms with Crippen molar-refractivity contribution in [2.45, 2.75) is 18.9 Å². The smallest absolute Gasteiger partial charge is 0.332 e. The van der Waals surface area contributed by atoms with Crippen LogP contribution in [0, 0.1) is 0 Å². The molecule has 13 heteroatoms. The lowest BCUT2D eigenvalue weighted by atomic mass is 10.2. The molecule has 0 radical (unpaired) electrons. The van der Waals surface area contributed by atoms with Gasteiger partial charge in [0.15, 0.2) is 11.6 Å². The number of aliphatic imine (C=N–C) groups is 1. The number of hydrogen-bond acceptors (Lipinski definition) is 6. The number of carboxylic acid groups (broad SMARTS) is 1. The Hall–Kier alpha value is -3.19. The summed E-state index contributed by atoms with van der Waals surface area (Å²) < 4.78 is 2.37. The van der Waals surface area contributed by atoms with Crippen LogP contribution in [0.2, 0.25) is 0 Å². The first-order valence-electron chi connectivity index (χ1n) is 7.29. The third kappa shape index (κ3) is 5.71. The van der Waals surface area contributed by atoms with Gasteiger partial charge in [0.2, 0.25) is 0 Å². The molecule has 0 aliphatic rings. The van der Waals surface area contributed by atoms with Crippen molar-refractivity contribution in [3.63, 3.8) is 0 Å². The molecule has 10 N–H and O–H groups in total. The van der Waals surface area contributed by atoms with Crippen LogP contribution in [0.15, 0.2) is 20.9 Å². The number of aliphatic carboxylic acids is 1. The predicted octanol–water partition coefficient (Wildman–Crippen LogP) is -3.41. The van der Waals surface area contributed by atoms with E-state index in [2.05, 4.69) is 15.0 Å². The number of rotatable bonds is 5. The van der Waals surface area contributed by atoms with Crippen LogP contribution in [-0.4, -0.2) is 54.2 Å². The van der Waals surface area contributed by atoms with Gasteiger partial charge < -0.3 is 32.8 Å². The Bertz CT molecular complexity index is 877. The summed E-state index contributed by atoms with van der Waals surface area (Å²) >= 11 is 0. The van der Waals surface area contributed by atoms with E-state index in [0.29, 0.717) is 30.6 Å². The third-order valence-corrected chi connectivity index (χ3v) is 3.31. The summed E-state index contributed by atoms with van der Waals surface area (Å²) in [6, 6.07) is -0.820. The SMILES string of the molecule is Cn1c(=O)c2[nH]cnc2n(C)c1=O.NC(N)=NCCC[C@H](N)C(=O)O.O. The maximum atomic E-state index is 11.4. The van der Waals surface area contributed by atoms with Gasteiger partial charge in [-0.05, 0) is 12.8 Å². The first-order valence-corrected chi connectivity index (χ1v) is 7.29. The van der Waals surface area contributed by atoms with E-state index in [1.165, 1.54) is 17.9 Å². The van der Waals surface area contributed by atoms with Crippen molar-refractivity contribution in [2.24, 2.45) is 36.3 Å². The van der Waals surface area contributed by atoms with Crippen molar-refractivity contribution in [3.05, 3.63) is 27.2 Å². The molecular weight excluding hydrogens is 348 g/mol. The maximum Gasteiger partial charge on any atom is 0.332 e. The molecule has 2 rings (SSSR count). The lowest BCUT2D eigenvalue weighted by molar-refractivity contribution is -0.138. The fraction of sp³-hybridized carbons (Fsp3) is 0.462. The average molecular weight is 372 g/mol. The van der Waals surface area contributed by atoms with Crippen molar-refractivity contribution < 1.29 is 15.4 Å². The number of carboxylic acids is 1. The lowest BCUT2D eigenvalue weighted by Gasteiger charge is -2.03. The van der Waals surface area contributed by atoms with Crippen molar-refractivity contribution in [2.75, 3.05) is 6.54 Å². The number of carbonyl (C=O) groups is 1. The van der Waals surface area contributed by atoms with Crippen LogP contribution in [0.4, 0.5) is 0 Å². The molecule has 0 saturated heterocycles. The van der Waals surface area contributed by atoms with Crippen LogP contribution in [0.3, 0.4) is 0 Å². The first kappa shape index (κ1) is 22.8. The Morgan fingerprint density at radius 1 is 1.35 bits per heavy atom. The molecule has 13 nitrogen and oxygen atoms in total. The van der Waals surface area contributed by atoms with Crippen LogP contribution >= 0.6 is 0 Å². The fourth-order valence-electron chi connectivity index (χ4n) is 1.91. The zero-order chi connectivity index (χ0) is 19.1. The number of nitrogens with zero attached hydrogens (tertiary/aromatic N) is 4. The molecule has 0 fully saturated rings. The third-order valence-electron chi connectivity index (χ3n) is 3.31. The maximum absolute atomic E-state index is 11.4. The van der Waals surface area contributed by atoms with Crippen molar-refractivity contribution in [1.29, 1.82) is 0 Å². The minimum atomic E-state index is -1.00. The van der Waals surface area contributed by atoms with E-state index in [-0.39, 0.29) is 22.7 Å². The second-order valence-electron chi connectivity index (χ2n) is 5.20. The molecule has 26 heavy (non-hydrogen) atoms. The predicted molar refractivity (Wildman–Crippen MR) is 95.7 cm³/mol. The van der Waals surface area contributed by atoms with Crippen LogP contribution in [-0.2, 0) is 18.9 Å². The van der Waals surface area contributed by atoms with Gasteiger partial charge in [-0.1, -0.05) is 0 Å². The minimum absolute atomic E-state index is 0. The zero-order valence-corrected chi connectivity index (χ0v) is 14.5. The van der Waals surface area contributed by atoms with Crippen molar-refractivity contribution >= 4 is 23.1 Å². The molecule has 2 heterocycles. The standard InChI is InChI=1S/C7H8N4O2.C6H14N4O2.H2O/c1-10-5-4(8-3-9-5)6(12)11(2)7(10)13;7-4(5(11)12)2-1-3-10-6(8)9;/h3H,1-2H3,(H,8,9);4H,1-3,7H2,(H,11,12)(H4,8,9,10);1H2/t;4-;/m.0./s1. The lowest BCUT2D eigenvalue weighted by Crippen LogP contribution is -2.36. The Labute approximate surface area is 147 Å². The monoisotopic (exact) mass is 372 g/mol. The number of aromatic amines is 1. The van der Waals surface area contributed by atoms with Gasteiger partial charge in [-0.2, -0.15) is 0 Å². The van der Waals surface area contributed by atoms with Crippen molar-refractivity contribution in [1.82, 2.24) is 19.1 Å². The topological polar surface area (TPSA) is 232 Å². The van der Waals surface area contributed by atoms with Gasteiger partial charge in [0, 0.05) is 20.6 Å². The number of aromatic nitrogens is 4. The fourth-order valence-corrected chi connectivity index (χ4v) is 1.91. The zero-order valence-electron chi connectivity index (χ0n) is 14.5. The van der Waals surface area contributed by atoms with E-state index in [1.54, 1.807) is 7.05 Å². The summed E-state index contributed by atoms with van der Waals surface area (Å²) in [4.78, 5) is 43.3. The summed E-state index contributed by atoms with van der Waals surface area (Å²) in [5.41, 5.74) is 15.3. The number of imidazole rings is 1. The van der Waals surface area contributed by atoms with E-state index in [0.717, 1.165) is 4.57 Å². The average Bonchev–Trinajstić information content (AvgIpc) is 3.05. The summed E-state index contributed by atoms with van der Waals surface area (Å²) in [5, 5.41) is 8.38. The number of nitrogens with two attached hydrogens (primary N) is 3. The molecule has 0 aliphatic carbocycles. The molecule has 0 bridgehead atoms. The molecule has 0 saturated carbocycles. The van der Waals surface area contributed by atoms with Crippen LogP contribution in [0.25, 0.3) is 11.2 Å². The summed E-state index contributed by atoms with van der Waals surface area (Å²) in [7, 11) is 3.01. The Balaban J connectivity index is 0.000000466. The van der Waals surface area contributed by atoms with Crippen LogP contribution < -0.4 is 28.5 Å². The first-order chi connectivity index (χ1) is 11.7. The van der Waals surface area contributed by atoms with Gasteiger partial charge in [0.05, 0.1) is 6.33 Å². The number of guanidine groups is 1. The van der Waals surface area contributed by atoms with E-state index in [9.17, 15) is 14.4 Å². The van der Waals surface area contributed by atoms with Gasteiger partial charge in [-0.3, -0.25) is 23.7 Å². The summed E-state index contributed by atoms with van der Waals surface area (Å²) in [6.07, 6.45) is 2.35. The number of aryl methyl sites for hydroxylation is 1. The highest BCUT2D eigenvalue weighted by molar-refractivity contribution is 5.75. The van der Waals surface area contributed by atoms with Gasteiger partial charge in [-0.25, -0.2) is 9.78 Å². The van der Waals surface area contributed by atoms with E-state index >= 15 is 0 Å². The molecule has 0 amide bonds. The molecule has 146 valence electrons. The number of H-pyrrole nitrogens is 1. The highest BCUT2D eigenvalue weighted by Gasteiger charge is 2.10. The number of nitrogens with one attached hydrogen (secondary N) is 1. The summed E-state index contributed by atoms with van der Waals surface area (Å²) in [5.74, 6) is -0.987. The van der Waals surface area contributed by atoms with Gasteiger partial charge in [0.25, 0.3) is 5.56 Å². The minimum Gasteiger partial charge on any atom is -0.480 e. The Morgan fingerprint density at radius 2 is 1.96 bits per heavy atom. The molecule has 2 aromatic heterocycles. The molecule has 0 aromatic carbocycles. The Kier molecular flexibility index (Phi) is 8.73. The second kappa shape index (κ2) is 9.95. The number of fused-ring (bicyclic) bond motifs is 1.